The van der Waals surface area contributed by atoms with Gasteiger partial charge in [0, 0.05) is 56.4 Å². The highest BCUT2D eigenvalue weighted by Gasteiger charge is 2.85. The summed E-state index contributed by atoms with van der Waals surface area (Å²) in [7, 11) is 5.78. The van der Waals surface area contributed by atoms with Gasteiger partial charge >= 0.3 is 152 Å². The Morgan fingerprint density at radius 3 is 0.589 bits per heavy atom. The average Bonchev–Trinajstić information content (AvgIpc) is 0.737. The molecular weight excluding hydrogens is 2020 g/mol. The molecule has 5 unspecified atom stereocenters. The zero-order chi connectivity index (χ0) is 105. The molecule has 0 aliphatic carbocycles. The van der Waals surface area contributed by atoms with Crippen molar-refractivity contribution >= 4 is 0 Å². The van der Waals surface area contributed by atoms with Gasteiger partial charge in [0.05, 0.1) is 0 Å². The minimum absolute atomic E-state index is 0.00854. The summed E-state index contributed by atoms with van der Waals surface area (Å²) >= 11 is 0. The summed E-state index contributed by atoms with van der Waals surface area (Å²) in [4.78, 5) is 0. The Balaban J connectivity index is -0.000000114. The summed E-state index contributed by atoms with van der Waals surface area (Å²) in [6, 6.07) is 0. The largest absolute Gasteiger partial charge is 0.559 e. The molecule has 8 nitrogen and oxygen atoms in total. The third kappa shape index (κ3) is 50.0. The minimum Gasteiger partial charge on any atom is -0.388 e. The van der Waals surface area contributed by atoms with Gasteiger partial charge in [-0.25, -0.2) is 35.1 Å². The second-order valence-corrected chi connectivity index (χ2v) is 19.3. The fourth-order valence-corrected chi connectivity index (χ4v) is 3.87. The summed E-state index contributed by atoms with van der Waals surface area (Å²) in [5.74, 6) is -69.1. The molecule has 0 aromatic rings. The van der Waals surface area contributed by atoms with Gasteiger partial charge in [-0.15, -0.1) is 35.1 Å². The van der Waals surface area contributed by atoms with Crippen LogP contribution in [0.3, 0.4) is 0 Å². The first-order valence-corrected chi connectivity index (χ1v) is 26.5. The SMILES string of the molecule is CC(F)C(F)(F)OC(C)C(F)(F)C(F)C(F)(F)F.CCOC(F)(CC(F)(F)F)C(F)(F)C(F)(F)C(F)(F)F.COC.COC(F)(CC(F)(F)F)C(F)(F)C(F)(F)F.COC(F)(F)C(F)(F)C(F)(F)C(F)(F)F.COC(F)(F)C(F)(F)C(F)(F)F.COCF.COCF.FC(F)(F)C(F)(F)C(F)(F)F.FC(F)(F)C(F)(F)C(F)(F)F.FC(F)(F)F.FC(F)(F)F. The van der Waals surface area contributed by atoms with Gasteiger partial charge in [0.25, 0.3) is 17.9 Å². The van der Waals surface area contributed by atoms with Gasteiger partial charge in [-0.05, 0) is 20.8 Å². The Kier molecular flexibility index (Phi) is 58.5. The topological polar surface area (TPSA) is 73.8 Å². The third-order valence-corrected chi connectivity index (χ3v) is 9.55. The van der Waals surface area contributed by atoms with Gasteiger partial charge < -0.3 is 37.9 Å². The molecule has 0 saturated carbocycles. The zero-order valence-corrected chi connectivity index (χ0v) is 58.9. The molecular formula is C45H43F71O8. The van der Waals surface area contributed by atoms with Gasteiger partial charge in [0.15, 0.2) is 19.9 Å². The first-order chi connectivity index (χ1) is 52.6. The van der Waals surface area contributed by atoms with E-state index in [1.165, 1.54) is 14.2 Å². The van der Waals surface area contributed by atoms with E-state index in [4.69, 9.17) is 0 Å². The first kappa shape index (κ1) is 144. The number of halogens is 71. The number of alkyl halides is 71. The van der Waals surface area contributed by atoms with E-state index < -0.39 is 216 Å². The lowest BCUT2D eigenvalue weighted by Crippen LogP contribution is -2.64. The second kappa shape index (κ2) is 50.2. The fourth-order valence-electron chi connectivity index (χ4n) is 3.87. The molecule has 0 aromatic carbocycles. The quantitative estimate of drug-likeness (QED) is 0.112. The van der Waals surface area contributed by atoms with Crippen LogP contribution in [0.25, 0.3) is 0 Å². The molecule has 0 aliphatic heterocycles. The summed E-state index contributed by atoms with van der Waals surface area (Å²) in [6.45, 7) is -1.65. The summed E-state index contributed by atoms with van der Waals surface area (Å²) in [5, 5.41) is 0. The number of hydrogen-bond acceptors (Lipinski definition) is 8. The Hall–Kier alpha value is -5.29. The van der Waals surface area contributed by atoms with Crippen LogP contribution in [0.4, 0.5) is 312 Å². The van der Waals surface area contributed by atoms with Crippen molar-refractivity contribution in [2.45, 2.75) is 216 Å². The van der Waals surface area contributed by atoms with Crippen LogP contribution in [0.2, 0.25) is 0 Å². The van der Waals surface area contributed by atoms with Crippen LogP contribution in [0, 0.1) is 0 Å². The normalized spacial score (nSPS) is 15.8. The van der Waals surface area contributed by atoms with E-state index in [0.29, 0.717) is 6.92 Å². The monoisotopic (exact) mass is 2060 g/mol. The van der Waals surface area contributed by atoms with Crippen LogP contribution < -0.4 is 0 Å². The van der Waals surface area contributed by atoms with Crippen LogP contribution in [0.15, 0.2) is 0 Å². The van der Waals surface area contributed by atoms with Crippen molar-refractivity contribution < 1.29 is 350 Å². The second-order valence-electron chi connectivity index (χ2n) is 19.3. The maximum atomic E-state index is 13.4. The average molecular weight is 2060 g/mol. The van der Waals surface area contributed by atoms with Crippen molar-refractivity contribution in [1.82, 2.24) is 0 Å². The zero-order valence-electron chi connectivity index (χ0n) is 58.9. The van der Waals surface area contributed by atoms with Crippen LogP contribution in [0.1, 0.15) is 33.6 Å². The predicted octanol–water partition coefficient (Wildman–Crippen LogP) is 27.1. The van der Waals surface area contributed by atoms with E-state index in [1.54, 1.807) is 14.2 Å². The molecule has 79 heteroatoms. The highest BCUT2D eigenvalue weighted by atomic mass is 19.6. The van der Waals surface area contributed by atoms with E-state index in [-0.39, 0.29) is 35.2 Å². The maximum absolute atomic E-state index is 13.4. The van der Waals surface area contributed by atoms with Crippen LogP contribution in [-0.2, 0) is 37.9 Å². The van der Waals surface area contributed by atoms with Crippen molar-refractivity contribution in [3.05, 3.63) is 0 Å². The fraction of sp³-hybridized carbons (Fsp3) is 1.00. The molecule has 0 fully saturated rings. The third-order valence-electron chi connectivity index (χ3n) is 9.55. The summed E-state index contributed by atoms with van der Waals surface area (Å²) in [5.41, 5.74) is 0. The van der Waals surface area contributed by atoms with Crippen molar-refractivity contribution in [2.24, 2.45) is 0 Å². The lowest BCUT2D eigenvalue weighted by atomic mass is 9.99. The number of hydrogen-bond donors (Lipinski definition) is 0. The van der Waals surface area contributed by atoms with Crippen LogP contribution in [0.5, 0.6) is 0 Å². The molecule has 768 valence electrons. The Morgan fingerprint density at radius 2 is 0.452 bits per heavy atom. The van der Waals surface area contributed by atoms with Crippen molar-refractivity contribution in [2.75, 3.05) is 70.1 Å². The minimum atomic E-state index is -7.05. The van der Waals surface area contributed by atoms with Crippen molar-refractivity contribution in [1.29, 1.82) is 0 Å². The van der Waals surface area contributed by atoms with E-state index in [1.807, 2.05) is 0 Å². The molecule has 5 atom stereocenters. The molecule has 0 heterocycles. The highest BCUT2D eigenvalue weighted by Crippen LogP contribution is 2.58. The van der Waals surface area contributed by atoms with Gasteiger partial charge in [-0.3, -0.25) is 0 Å². The molecule has 0 aromatic heterocycles. The van der Waals surface area contributed by atoms with E-state index in [9.17, 15) is 312 Å². The van der Waals surface area contributed by atoms with Crippen molar-refractivity contribution in [3.63, 3.8) is 0 Å². The lowest BCUT2D eigenvalue weighted by molar-refractivity contribution is -0.440. The van der Waals surface area contributed by atoms with E-state index in [2.05, 4.69) is 37.9 Å². The van der Waals surface area contributed by atoms with Crippen molar-refractivity contribution in [3.8, 4) is 0 Å². The summed E-state index contributed by atoms with van der Waals surface area (Å²) < 4.78 is 841. The van der Waals surface area contributed by atoms with Crippen LogP contribution in [-0.4, -0.2) is 253 Å². The molecule has 0 N–H and O–H groups in total. The van der Waals surface area contributed by atoms with Gasteiger partial charge in [-0.2, -0.15) is 241 Å². The standard InChI is InChI=1S/C8H7F11O.C8H9F9O.C6H5F9O.C5H3F9O.C4H3F7O.2C3F8.2C2H5FO.C2H6O.2CF4/c1-2-20-4(9,3-5(10,11)12)6(13,14)7(15,16)8(17,18)19;1-3(9)8(16,17)18-4(2)6(11,12)5(10)7(13,14)15;1-16-3(7,2-4(8,9)10)5(11,12)6(13,14)15;1-15-5(13,14)3(8,9)2(6,7)4(10,11)12;1-12-4(10,11)2(5,6)3(7,8)9;2*4-1(5,2(6,7)8)3(9,10)11;2*1-4-2-3;1-3-2;2*2-1(3,4)5/h2-3H2,1H3;3-5H,1-2H3;2H2,1H3;1H3;1H3;;;2*2H2,1H3;1-2H3;;. The van der Waals surface area contributed by atoms with Gasteiger partial charge in [0.2, 0.25) is 0 Å². The van der Waals surface area contributed by atoms with Gasteiger partial charge in [0.1, 0.15) is 18.9 Å². The number of rotatable bonds is 20. The lowest BCUT2D eigenvalue weighted by Gasteiger charge is -2.38. The Morgan fingerprint density at radius 1 is 0.258 bits per heavy atom. The smallest absolute Gasteiger partial charge is 0.388 e. The predicted molar refractivity (Wildman–Crippen MR) is 255 cm³/mol. The number of methoxy groups -OCH3 is 6. The molecule has 0 saturated heterocycles. The molecule has 0 rings (SSSR count). The molecule has 0 aliphatic rings. The Labute approximate surface area is 637 Å². The molecule has 0 spiro atoms. The first-order valence-electron chi connectivity index (χ1n) is 26.5. The molecule has 0 radical (unpaired) electrons. The van der Waals surface area contributed by atoms with E-state index in [0.717, 1.165) is 0 Å². The van der Waals surface area contributed by atoms with Crippen LogP contribution >= 0.6 is 0 Å². The maximum Gasteiger partial charge on any atom is 0.559 e. The molecule has 124 heavy (non-hydrogen) atoms. The molecule has 0 amide bonds. The van der Waals surface area contributed by atoms with Gasteiger partial charge in [-0.1, -0.05) is 0 Å². The molecule has 0 bridgehead atoms. The van der Waals surface area contributed by atoms with E-state index >= 15 is 0 Å². The number of ether oxygens (including phenoxy) is 8. The Bertz CT molecular complexity index is 2650. The highest BCUT2D eigenvalue weighted by molar-refractivity contribution is 5.02. The summed E-state index contributed by atoms with van der Waals surface area (Å²) in [6.07, 6.45) is -115.